The van der Waals surface area contributed by atoms with Crippen molar-refractivity contribution in [2.75, 3.05) is 0 Å². The molecule has 0 aliphatic heterocycles. The van der Waals surface area contributed by atoms with E-state index in [1.165, 1.54) is 10.4 Å². The third-order valence-corrected chi connectivity index (χ3v) is 21.9. The van der Waals surface area contributed by atoms with Crippen molar-refractivity contribution in [3.63, 3.8) is 0 Å². The maximum Gasteiger partial charge on any atom is 0.250 e. The van der Waals surface area contributed by atoms with Gasteiger partial charge in [0.2, 0.25) is 16.6 Å². The molecule has 184 valence electrons. The summed E-state index contributed by atoms with van der Waals surface area (Å²) in [5.41, 5.74) is 0. The van der Waals surface area contributed by atoms with Crippen LogP contribution in [0.2, 0.25) is 49.4 Å². The molecule has 33 heavy (non-hydrogen) atoms. The fraction of sp³-hybridized carbons (Fsp3) is 0.538. The van der Waals surface area contributed by atoms with Gasteiger partial charge in [0.05, 0.1) is 0 Å². The molecule has 0 heterocycles. The lowest BCUT2D eigenvalue weighted by Crippen LogP contribution is -2.54. The minimum Gasteiger partial charge on any atom is -0.544 e. The Hall–Kier alpha value is -0.349. The standard InChI is InChI=1S/C26H42Br2O2Si3/c1-25(2,3)32(9,10)29-19-13-15-21(27)23(17-19)31(7,8)24-18-20(14-16-22(24)28)30-33(11,12)26(4,5)6/h13-18H,1-12H3. The van der Waals surface area contributed by atoms with Crippen molar-refractivity contribution in [1.82, 2.24) is 0 Å². The molecule has 0 fully saturated rings. The lowest BCUT2D eigenvalue weighted by Gasteiger charge is -2.37. The van der Waals surface area contributed by atoms with Crippen molar-refractivity contribution in [3.8, 4) is 11.5 Å². The Bertz CT molecular complexity index is 924. The summed E-state index contributed by atoms with van der Waals surface area (Å²) in [6, 6.07) is 13.0. The van der Waals surface area contributed by atoms with Crippen LogP contribution in [0.4, 0.5) is 0 Å². The summed E-state index contributed by atoms with van der Waals surface area (Å²) in [7, 11) is -5.90. The molecule has 0 N–H and O–H groups in total. The zero-order valence-electron chi connectivity index (χ0n) is 22.5. The van der Waals surface area contributed by atoms with Crippen molar-refractivity contribution in [2.24, 2.45) is 0 Å². The first-order chi connectivity index (χ1) is 14.7. The van der Waals surface area contributed by atoms with Crippen LogP contribution >= 0.6 is 31.9 Å². The predicted octanol–water partition coefficient (Wildman–Crippen LogP) is 8.80. The van der Waals surface area contributed by atoms with Gasteiger partial charge in [-0.15, -0.1) is 0 Å². The molecule has 0 aliphatic rings. The first kappa shape index (κ1) is 28.9. The van der Waals surface area contributed by atoms with Crippen molar-refractivity contribution in [1.29, 1.82) is 0 Å². The minimum absolute atomic E-state index is 0.158. The molecule has 0 bridgehead atoms. The maximum absolute atomic E-state index is 6.66. The van der Waals surface area contributed by atoms with Crippen molar-refractivity contribution < 1.29 is 8.85 Å². The summed E-state index contributed by atoms with van der Waals surface area (Å²) in [5.74, 6) is 1.95. The number of hydrogen-bond acceptors (Lipinski definition) is 2. The minimum atomic E-state index is -2.07. The van der Waals surface area contributed by atoms with Crippen molar-refractivity contribution >= 4 is 66.9 Å². The van der Waals surface area contributed by atoms with Gasteiger partial charge < -0.3 is 8.85 Å². The second-order valence-corrected chi connectivity index (χ2v) is 28.1. The Morgan fingerprint density at radius 1 is 0.576 bits per heavy atom. The molecule has 2 aromatic carbocycles. The fourth-order valence-corrected chi connectivity index (χ4v) is 11.3. The normalized spacial score (nSPS) is 13.8. The third-order valence-electron chi connectivity index (χ3n) is 7.58. The van der Waals surface area contributed by atoms with Crippen LogP contribution in [0.25, 0.3) is 0 Å². The van der Waals surface area contributed by atoms with Crippen molar-refractivity contribution in [3.05, 3.63) is 45.3 Å². The number of halogens is 2. The van der Waals surface area contributed by atoms with E-state index in [4.69, 9.17) is 8.85 Å². The molecule has 2 aromatic rings. The van der Waals surface area contributed by atoms with Crippen molar-refractivity contribution in [2.45, 2.75) is 90.9 Å². The van der Waals surface area contributed by atoms with Gasteiger partial charge in [0.15, 0.2) is 0 Å². The number of hydrogen-bond donors (Lipinski definition) is 0. The van der Waals surface area contributed by atoms with Crippen LogP contribution in [0.1, 0.15) is 41.5 Å². The SMILES string of the molecule is CC(C)(C)[Si](C)(C)Oc1ccc(Br)c([Si](C)(C)c2cc(O[Si](C)(C)C(C)(C)C)ccc2Br)c1. The second kappa shape index (κ2) is 9.60. The average molecular weight is 631 g/mol. The Morgan fingerprint density at radius 2 is 0.879 bits per heavy atom. The van der Waals surface area contributed by atoms with Gasteiger partial charge in [0.1, 0.15) is 19.6 Å². The molecular formula is C26H42Br2O2Si3. The topological polar surface area (TPSA) is 18.5 Å². The number of benzene rings is 2. The van der Waals surface area contributed by atoms with E-state index in [1.54, 1.807) is 0 Å². The Morgan fingerprint density at radius 3 is 1.15 bits per heavy atom. The van der Waals surface area contributed by atoms with Gasteiger partial charge in [0, 0.05) is 8.95 Å². The molecule has 0 radical (unpaired) electrons. The summed E-state index contributed by atoms with van der Waals surface area (Å²) < 4.78 is 15.6. The van der Waals surface area contributed by atoms with Gasteiger partial charge in [-0.3, -0.25) is 0 Å². The first-order valence-electron chi connectivity index (χ1n) is 11.7. The van der Waals surface area contributed by atoms with E-state index in [0.29, 0.717) is 0 Å². The van der Waals surface area contributed by atoms with Crippen LogP contribution in [0.3, 0.4) is 0 Å². The highest BCUT2D eigenvalue weighted by atomic mass is 79.9. The maximum atomic E-state index is 6.66. The molecule has 7 heteroatoms. The lowest BCUT2D eigenvalue weighted by atomic mass is 10.2. The van der Waals surface area contributed by atoms with Gasteiger partial charge in [-0.05, 0) is 83.0 Å². The van der Waals surface area contributed by atoms with Gasteiger partial charge in [-0.2, -0.15) is 0 Å². The largest absolute Gasteiger partial charge is 0.544 e. The third kappa shape index (κ3) is 6.46. The smallest absolute Gasteiger partial charge is 0.250 e. The zero-order valence-corrected chi connectivity index (χ0v) is 28.7. The highest BCUT2D eigenvalue weighted by molar-refractivity contribution is 9.11. The summed E-state index contributed by atoms with van der Waals surface area (Å²) >= 11 is 7.70. The summed E-state index contributed by atoms with van der Waals surface area (Å²) in [5, 5.41) is 2.99. The van der Waals surface area contributed by atoms with E-state index in [0.717, 1.165) is 20.4 Å². The fourth-order valence-electron chi connectivity index (χ4n) is 3.13. The van der Waals surface area contributed by atoms with E-state index >= 15 is 0 Å². The van der Waals surface area contributed by atoms with Crippen LogP contribution in [0.15, 0.2) is 45.3 Å². The van der Waals surface area contributed by atoms with E-state index in [1.807, 2.05) is 0 Å². The van der Waals surface area contributed by atoms with Gasteiger partial charge in [-0.1, -0.05) is 86.5 Å². The summed E-state index contributed by atoms with van der Waals surface area (Å²) in [6.07, 6.45) is 0. The van der Waals surface area contributed by atoms with Crippen LogP contribution in [0, 0.1) is 0 Å². The zero-order chi connectivity index (χ0) is 25.6. The summed E-state index contributed by atoms with van der Waals surface area (Å²) in [4.78, 5) is 0. The Labute approximate surface area is 222 Å². The van der Waals surface area contributed by atoms with Crippen LogP contribution in [0.5, 0.6) is 11.5 Å². The van der Waals surface area contributed by atoms with Gasteiger partial charge >= 0.3 is 0 Å². The highest BCUT2D eigenvalue weighted by Crippen LogP contribution is 2.39. The van der Waals surface area contributed by atoms with E-state index < -0.39 is 24.7 Å². The molecule has 2 nitrogen and oxygen atoms in total. The molecule has 2 rings (SSSR count). The van der Waals surface area contributed by atoms with Gasteiger partial charge in [0.25, 0.3) is 0 Å². The molecule has 0 amide bonds. The predicted molar refractivity (Wildman–Crippen MR) is 161 cm³/mol. The average Bonchev–Trinajstić information content (AvgIpc) is 2.62. The lowest BCUT2D eigenvalue weighted by molar-refractivity contribution is 0.492. The number of rotatable bonds is 6. The monoisotopic (exact) mass is 628 g/mol. The van der Waals surface area contributed by atoms with Crippen LogP contribution in [-0.4, -0.2) is 24.7 Å². The molecular weight excluding hydrogens is 588 g/mol. The molecule has 0 spiro atoms. The van der Waals surface area contributed by atoms with Crippen LogP contribution < -0.4 is 19.2 Å². The second-order valence-electron chi connectivity index (χ2n) is 12.6. The molecule has 0 aromatic heterocycles. The first-order valence-corrected chi connectivity index (χ1v) is 22.1. The quantitative estimate of drug-likeness (QED) is 0.297. The molecule has 0 saturated heterocycles. The highest BCUT2D eigenvalue weighted by Gasteiger charge is 2.41. The van der Waals surface area contributed by atoms with Crippen LogP contribution in [-0.2, 0) is 0 Å². The Balaban J connectivity index is 2.52. The molecule has 0 aliphatic carbocycles. The van der Waals surface area contributed by atoms with E-state index in [2.05, 4.69) is 149 Å². The molecule has 0 atom stereocenters. The molecule has 0 unspecified atom stereocenters. The van der Waals surface area contributed by atoms with E-state index in [-0.39, 0.29) is 10.1 Å². The van der Waals surface area contributed by atoms with E-state index in [9.17, 15) is 0 Å². The van der Waals surface area contributed by atoms with Gasteiger partial charge in [-0.25, -0.2) is 0 Å². The summed E-state index contributed by atoms with van der Waals surface area (Å²) in [6.45, 7) is 27.7. The molecule has 0 saturated carbocycles. The Kier molecular flexibility index (Phi) is 8.40.